The zero-order valence-corrected chi connectivity index (χ0v) is 10.6. The van der Waals surface area contributed by atoms with Crippen molar-refractivity contribution in [2.24, 2.45) is 5.92 Å². The molecule has 1 aromatic rings. The molecular formula is C13H18F3NO. The van der Waals surface area contributed by atoms with Gasteiger partial charge in [0.15, 0.2) is 5.75 Å². The molecule has 0 fully saturated rings. The van der Waals surface area contributed by atoms with E-state index in [0.717, 1.165) is 12.8 Å². The Balaban J connectivity index is 2.54. The number of para-hydroxylation sites is 2. The van der Waals surface area contributed by atoms with Crippen molar-refractivity contribution in [1.82, 2.24) is 0 Å². The smallest absolute Gasteiger partial charge is 0.404 e. The van der Waals surface area contributed by atoms with Gasteiger partial charge in [0.05, 0.1) is 5.69 Å². The summed E-state index contributed by atoms with van der Waals surface area (Å²) < 4.78 is 40.4. The van der Waals surface area contributed by atoms with Gasteiger partial charge in [-0.1, -0.05) is 26.0 Å². The van der Waals surface area contributed by atoms with E-state index in [-0.39, 0.29) is 5.75 Å². The maximum atomic E-state index is 12.2. The standard InChI is InChI=1S/C13H18F3NO/c1-10(2)6-5-9-17-11-7-3-4-8-12(11)18-13(14,15)16/h3-4,7-8,10,17H,5-6,9H2,1-2H3. The zero-order valence-electron chi connectivity index (χ0n) is 10.6. The molecule has 18 heavy (non-hydrogen) atoms. The van der Waals surface area contributed by atoms with Gasteiger partial charge in [0.2, 0.25) is 0 Å². The minimum absolute atomic E-state index is 0.186. The molecule has 1 rings (SSSR count). The normalized spacial score (nSPS) is 11.7. The Kier molecular flexibility index (Phi) is 5.31. The molecule has 0 aromatic heterocycles. The first-order valence-electron chi connectivity index (χ1n) is 5.97. The minimum Gasteiger partial charge on any atom is -0.404 e. The van der Waals surface area contributed by atoms with Crippen molar-refractivity contribution < 1.29 is 17.9 Å². The fourth-order valence-electron chi connectivity index (χ4n) is 1.56. The molecule has 0 atom stereocenters. The SMILES string of the molecule is CC(C)CCCNc1ccccc1OC(F)(F)F. The third kappa shape index (κ3) is 5.80. The number of alkyl halides is 3. The largest absolute Gasteiger partial charge is 0.573 e. The van der Waals surface area contributed by atoms with E-state index >= 15 is 0 Å². The minimum atomic E-state index is -4.66. The van der Waals surface area contributed by atoms with Gasteiger partial charge in [-0.15, -0.1) is 13.2 Å². The highest BCUT2D eigenvalue weighted by Gasteiger charge is 2.31. The maximum Gasteiger partial charge on any atom is 0.573 e. The monoisotopic (exact) mass is 261 g/mol. The van der Waals surface area contributed by atoms with Crippen LogP contribution in [0, 0.1) is 5.92 Å². The second-order valence-corrected chi connectivity index (χ2v) is 4.51. The van der Waals surface area contributed by atoms with Crippen LogP contribution in [0.15, 0.2) is 24.3 Å². The lowest BCUT2D eigenvalue weighted by molar-refractivity contribution is -0.274. The third-order valence-corrected chi connectivity index (χ3v) is 2.39. The van der Waals surface area contributed by atoms with Crippen LogP contribution in [0.4, 0.5) is 18.9 Å². The number of rotatable bonds is 6. The highest BCUT2D eigenvalue weighted by Crippen LogP contribution is 2.29. The molecule has 102 valence electrons. The van der Waals surface area contributed by atoms with Gasteiger partial charge in [-0.25, -0.2) is 0 Å². The molecule has 2 nitrogen and oxygen atoms in total. The molecular weight excluding hydrogens is 243 g/mol. The average molecular weight is 261 g/mol. The molecule has 0 heterocycles. The molecule has 0 aliphatic rings. The van der Waals surface area contributed by atoms with Crippen molar-refractivity contribution in [1.29, 1.82) is 0 Å². The Morgan fingerprint density at radius 1 is 1.22 bits per heavy atom. The Morgan fingerprint density at radius 3 is 2.50 bits per heavy atom. The molecule has 1 aromatic carbocycles. The van der Waals surface area contributed by atoms with E-state index in [0.29, 0.717) is 18.2 Å². The molecule has 0 unspecified atom stereocenters. The second-order valence-electron chi connectivity index (χ2n) is 4.51. The third-order valence-electron chi connectivity index (χ3n) is 2.39. The van der Waals surface area contributed by atoms with Crippen molar-refractivity contribution in [3.63, 3.8) is 0 Å². The summed E-state index contributed by atoms with van der Waals surface area (Å²) >= 11 is 0. The first-order chi connectivity index (χ1) is 8.38. The lowest BCUT2D eigenvalue weighted by atomic mass is 10.1. The molecule has 0 aliphatic heterocycles. The Hall–Kier alpha value is -1.39. The summed E-state index contributed by atoms with van der Waals surface area (Å²) in [5.41, 5.74) is 0.374. The van der Waals surface area contributed by atoms with Gasteiger partial charge in [-0.3, -0.25) is 0 Å². The quantitative estimate of drug-likeness (QED) is 0.765. The summed E-state index contributed by atoms with van der Waals surface area (Å²) in [6.07, 6.45) is -2.71. The van der Waals surface area contributed by atoms with E-state index in [1.165, 1.54) is 12.1 Å². The number of benzene rings is 1. The number of anilines is 1. The summed E-state index contributed by atoms with van der Waals surface area (Å²) in [6.45, 7) is 4.86. The second kappa shape index (κ2) is 6.52. The molecule has 0 saturated heterocycles. The van der Waals surface area contributed by atoms with Crippen LogP contribution in [-0.4, -0.2) is 12.9 Å². The predicted molar refractivity (Wildman–Crippen MR) is 65.7 cm³/mol. The number of nitrogens with one attached hydrogen (secondary N) is 1. The van der Waals surface area contributed by atoms with Crippen molar-refractivity contribution >= 4 is 5.69 Å². The van der Waals surface area contributed by atoms with Crippen LogP contribution >= 0.6 is 0 Å². The highest BCUT2D eigenvalue weighted by atomic mass is 19.4. The Morgan fingerprint density at radius 2 is 1.89 bits per heavy atom. The van der Waals surface area contributed by atoms with Crippen LogP contribution in [-0.2, 0) is 0 Å². The van der Waals surface area contributed by atoms with Crippen LogP contribution < -0.4 is 10.1 Å². The van der Waals surface area contributed by atoms with Gasteiger partial charge in [0.25, 0.3) is 0 Å². The van der Waals surface area contributed by atoms with Crippen molar-refractivity contribution in [3.8, 4) is 5.75 Å². The predicted octanol–water partition coefficient (Wildman–Crippen LogP) is 4.43. The van der Waals surface area contributed by atoms with Gasteiger partial charge in [-0.05, 0) is 30.9 Å². The first kappa shape index (κ1) is 14.7. The van der Waals surface area contributed by atoms with E-state index in [4.69, 9.17) is 0 Å². The van der Waals surface area contributed by atoms with Gasteiger partial charge in [0, 0.05) is 6.54 Å². The van der Waals surface area contributed by atoms with Gasteiger partial charge < -0.3 is 10.1 Å². The molecule has 0 spiro atoms. The van der Waals surface area contributed by atoms with Crippen LogP contribution in [0.1, 0.15) is 26.7 Å². The van der Waals surface area contributed by atoms with E-state index in [1.807, 2.05) is 0 Å². The zero-order chi connectivity index (χ0) is 13.6. The van der Waals surface area contributed by atoms with E-state index in [1.54, 1.807) is 12.1 Å². The number of hydrogen-bond acceptors (Lipinski definition) is 2. The number of halogens is 3. The lowest BCUT2D eigenvalue weighted by Gasteiger charge is -2.14. The van der Waals surface area contributed by atoms with E-state index in [2.05, 4.69) is 23.9 Å². The molecule has 1 N–H and O–H groups in total. The summed E-state index contributed by atoms with van der Waals surface area (Å²) in [7, 11) is 0. The first-order valence-corrected chi connectivity index (χ1v) is 5.97. The van der Waals surface area contributed by atoms with Crippen LogP contribution in [0.5, 0.6) is 5.75 Å². The van der Waals surface area contributed by atoms with E-state index < -0.39 is 6.36 Å². The summed E-state index contributed by atoms with van der Waals surface area (Å²) in [5.74, 6) is 0.406. The summed E-state index contributed by atoms with van der Waals surface area (Å²) in [5, 5.41) is 2.97. The van der Waals surface area contributed by atoms with Gasteiger partial charge in [0.1, 0.15) is 0 Å². The topological polar surface area (TPSA) is 21.3 Å². The average Bonchev–Trinajstić information content (AvgIpc) is 2.24. The molecule has 0 saturated carbocycles. The van der Waals surface area contributed by atoms with Gasteiger partial charge in [-0.2, -0.15) is 0 Å². The van der Waals surface area contributed by atoms with Crippen molar-refractivity contribution in [3.05, 3.63) is 24.3 Å². The Labute approximate surface area is 105 Å². The summed E-state index contributed by atoms with van der Waals surface area (Å²) in [4.78, 5) is 0. The van der Waals surface area contributed by atoms with Crippen LogP contribution in [0.2, 0.25) is 0 Å². The number of hydrogen-bond donors (Lipinski definition) is 1. The fourth-order valence-corrected chi connectivity index (χ4v) is 1.56. The fraction of sp³-hybridized carbons (Fsp3) is 0.538. The van der Waals surface area contributed by atoms with Gasteiger partial charge >= 0.3 is 6.36 Å². The highest BCUT2D eigenvalue weighted by molar-refractivity contribution is 5.56. The molecule has 0 radical (unpaired) electrons. The van der Waals surface area contributed by atoms with Crippen molar-refractivity contribution in [2.45, 2.75) is 33.1 Å². The molecule has 0 aliphatic carbocycles. The molecule has 0 bridgehead atoms. The summed E-state index contributed by atoms with van der Waals surface area (Å²) in [6, 6.07) is 6.07. The van der Waals surface area contributed by atoms with Crippen molar-refractivity contribution in [2.75, 3.05) is 11.9 Å². The van der Waals surface area contributed by atoms with Crippen LogP contribution in [0.25, 0.3) is 0 Å². The van der Waals surface area contributed by atoms with E-state index in [9.17, 15) is 13.2 Å². The maximum absolute atomic E-state index is 12.2. The lowest BCUT2D eigenvalue weighted by Crippen LogP contribution is -2.18. The van der Waals surface area contributed by atoms with Crippen LogP contribution in [0.3, 0.4) is 0 Å². The Bertz CT molecular complexity index is 363. The molecule has 0 amide bonds. The number of ether oxygens (including phenoxy) is 1. The molecule has 5 heteroatoms.